The molecule has 1 aliphatic rings. The first-order valence-corrected chi connectivity index (χ1v) is 9.26. The molecule has 1 saturated heterocycles. The molecule has 3 aromatic rings. The highest BCUT2D eigenvalue weighted by molar-refractivity contribution is 6.33. The van der Waals surface area contributed by atoms with Gasteiger partial charge in [-0.3, -0.25) is 4.79 Å². The maximum atomic E-state index is 12.3. The van der Waals surface area contributed by atoms with E-state index in [1.165, 1.54) is 0 Å². The molecule has 4 rings (SSSR count). The monoisotopic (exact) mass is 399 g/mol. The van der Waals surface area contributed by atoms with Gasteiger partial charge in [-0.15, -0.1) is 0 Å². The molecule has 2 aromatic carbocycles. The molecule has 1 aliphatic heterocycles. The van der Waals surface area contributed by atoms with Gasteiger partial charge >= 0.3 is 0 Å². The Morgan fingerprint density at radius 2 is 1.79 bits per heavy atom. The van der Waals surface area contributed by atoms with Crippen LogP contribution >= 0.6 is 11.6 Å². The number of nitrogens with zero attached hydrogens (tertiary/aromatic N) is 3. The van der Waals surface area contributed by atoms with Crippen LogP contribution in [0.2, 0.25) is 5.02 Å². The van der Waals surface area contributed by atoms with Crippen LogP contribution in [0, 0.1) is 0 Å². The van der Waals surface area contributed by atoms with Crippen LogP contribution in [-0.4, -0.2) is 53.9 Å². The van der Waals surface area contributed by atoms with Crippen molar-refractivity contribution in [2.75, 3.05) is 32.9 Å². The van der Waals surface area contributed by atoms with E-state index in [1.54, 1.807) is 17.0 Å². The van der Waals surface area contributed by atoms with Crippen molar-refractivity contribution < 1.29 is 18.8 Å². The van der Waals surface area contributed by atoms with Crippen molar-refractivity contribution >= 4 is 17.5 Å². The fourth-order valence-corrected chi connectivity index (χ4v) is 3.11. The molecule has 0 N–H and O–H groups in total. The number of halogens is 1. The number of rotatable bonds is 5. The van der Waals surface area contributed by atoms with Gasteiger partial charge in [0.1, 0.15) is 5.75 Å². The molecule has 0 saturated carbocycles. The zero-order chi connectivity index (χ0) is 19.3. The van der Waals surface area contributed by atoms with Gasteiger partial charge in [0.2, 0.25) is 5.82 Å². The highest BCUT2D eigenvalue weighted by Crippen LogP contribution is 2.31. The Bertz CT molecular complexity index is 969. The van der Waals surface area contributed by atoms with E-state index in [1.807, 2.05) is 36.4 Å². The summed E-state index contributed by atoms with van der Waals surface area (Å²) < 4.78 is 16.4. The van der Waals surface area contributed by atoms with Crippen molar-refractivity contribution in [3.05, 3.63) is 53.6 Å². The summed E-state index contributed by atoms with van der Waals surface area (Å²) in [4.78, 5) is 18.5. The van der Waals surface area contributed by atoms with E-state index in [9.17, 15) is 4.79 Å². The fourth-order valence-electron chi connectivity index (χ4n) is 2.90. The molecule has 0 radical (unpaired) electrons. The van der Waals surface area contributed by atoms with E-state index in [0.717, 1.165) is 0 Å². The van der Waals surface area contributed by atoms with Crippen molar-refractivity contribution in [1.29, 1.82) is 0 Å². The zero-order valence-corrected chi connectivity index (χ0v) is 15.8. The largest absolute Gasteiger partial charge is 0.483 e. The molecule has 8 heteroatoms. The highest BCUT2D eigenvalue weighted by atomic mass is 35.5. The number of morpholine rings is 1. The second-order valence-electron chi connectivity index (χ2n) is 6.18. The highest BCUT2D eigenvalue weighted by Gasteiger charge is 2.19. The molecule has 0 bridgehead atoms. The van der Waals surface area contributed by atoms with Crippen LogP contribution in [0.25, 0.3) is 22.8 Å². The van der Waals surface area contributed by atoms with Gasteiger partial charge in [-0.2, -0.15) is 4.98 Å². The summed E-state index contributed by atoms with van der Waals surface area (Å²) in [5.74, 6) is 1.11. The van der Waals surface area contributed by atoms with Crippen molar-refractivity contribution in [3.8, 4) is 28.6 Å². The number of carbonyl (C=O) groups excluding carboxylic acids is 1. The van der Waals surface area contributed by atoms with E-state index >= 15 is 0 Å². The third-order valence-electron chi connectivity index (χ3n) is 4.37. The average molecular weight is 400 g/mol. The fraction of sp³-hybridized carbons (Fsp3) is 0.250. The molecule has 28 heavy (non-hydrogen) atoms. The molecule has 1 aromatic heterocycles. The molecule has 1 fully saturated rings. The minimum atomic E-state index is -0.0806. The van der Waals surface area contributed by atoms with Crippen molar-refractivity contribution in [3.63, 3.8) is 0 Å². The number of aromatic nitrogens is 2. The van der Waals surface area contributed by atoms with Gasteiger partial charge in [0.15, 0.2) is 6.61 Å². The Kier molecular flexibility index (Phi) is 5.55. The van der Waals surface area contributed by atoms with Crippen LogP contribution in [0.15, 0.2) is 53.1 Å². The molecule has 0 atom stereocenters. The second-order valence-corrected chi connectivity index (χ2v) is 6.59. The normalized spacial score (nSPS) is 14.1. The lowest BCUT2D eigenvalue weighted by molar-refractivity contribution is -0.137. The van der Waals surface area contributed by atoms with Gasteiger partial charge in [0.25, 0.3) is 11.8 Å². The van der Waals surface area contributed by atoms with Crippen LogP contribution in [0.4, 0.5) is 0 Å². The van der Waals surface area contributed by atoms with Gasteiger partial charge in [-0.25, -0.2) is 0 Å². The van der Waals surface area contributed by atoms with Gasteiger partial charge in [0, 0.05) is 13.1 Å². The molecule has 7 nitrogen and oxygen atoms in total. The average Bonchev–Trinajstić information content (AvgIpc) is 3.23. The number of para-hydroxylation sites is 1. The van der Waals surface area contributed by atoms with Gasteiger partial charge in [-0.1, -0.05) is 41.0 Å². The number of hydrogen-bond acceptors (Lipinski definition) is 6. The minimum Gasteiger partial charge on any atom is -0.483 e. The summed E-state index contributed by atoms with van der Waals surface area (Å²) in [6.07, 6.45) is 0. The number of ether oxygens (including phenoxy) is 2. The van der Waals surface area contributed by atoms with Crippen LogP contribution in [0.3, 0.4) is 0 Å². The molecule has 2 heterocycles. The number of benzene rings is 2. The number of amides is 1. The van der Waals surface area contributed by atoms with Crippen molar-refractivity contribution in [2.45, 2.75) is 0 Å². The molecule has 0 unspecified atom stereocenters. The SMILES string of the molecule is O=C(COc1ccccc1-c1noc(-c2ccccc2Cl)n1)N1CCOCC1. The van der Waals surface area contributed by atoms with Crippen LogP contribution in [-0.2, 0) is 9.53 Å². The quantitative estimate of drug-likeness (QED) is 0.655. The first-order chi connectivity index (χ1) is 13.7. The second kappa shape index (κ2) is 8.41. The van der Waals surface area contributed by atoms with E-state index in [-0.39, 0.29) is 12.5 Å². The molecule has 144 valence electrons. The first-order valence-electron chi connectivity index (χ1n) is 8.89. The molecule has 0 spiro atoms. The summed E-state index contributed by atoms with van der Waals surface area (Å²) in [7, 11) is 0. The Labute approximate surface area is 166 Å². The summed E-state index contributed by atoms with van der Waals surface area (Å²) in [6.45, 7) is 2.20. The Morgan fingerprint density at radius 1 is 1.07 bits per heavy atom. The Morgan fingerprint density at radius 3 is 2.57 bits per heavy atom. The third-order valence-corrected chi connectivity index (χ3v) is 4.70. The summed E-state index contributed by atoms with van der Waals surface area (Å²) in [5, 5.41) is 4.57. The third kappa shape index (κ3) is 4.00. The minimum absolute atomic E-state index is 0.0633. The Hall–Kier alpha value is -2.90. The van der Waals surface area contributed by atoms with Gasteiger partial charge in [0.05, 0.1) is 29.4 Å². The lowest BCUT2D eigenvalue weighted by Crippen LogP contribution is -2.43. The smallest absolute Gasteiger partial charge is 0.260 e. The van der Waals surface area contributed by atoms with Gasteiger partial charge < -0.3 is 18.9 Å². The molecular weight excluding hydrogens is 382 g/mol. The molecular formula is C20H18ClN3O4. The molecule has 0 aliphatic carbocycles. The zero-order valence-electron chi connectivity index (χ0n) is 15.0. The van der Waals surface area contributed by atoms with Crippen molar-refractivity contribution in [1.82, 2.24) is 15.0 Å². The van der Waals surface area contributed by atoms with E-state index in [0.29, 0.717) is 59.9 Å². The lowest BCUT2D eigenvalue weighted by atomic mass is 10.2. The first kappa shape index (κ1) is 18.5. The lowest BCUT2D eigenvalue weighted by Gasteiger charge is -2.26. The predicted octanol–water partition coefficient (Wildman–Crippen LogP) is 3.29. The standard InChI is InChI=1S/C20H18ClN3O4/c21-16-7-3-1-5-14(16)20-22-19(23-28-20)15-6-2-4-8-17(15)27-13-18(25)24-9-11-26-12-10-24/h1-8H,9-13H2. The molecule has 1 amide bonds. The summed E-state index contributed by atoms with van der Waals surface area (Å²) in [6, 6.07) is 14.5. The topological polar surface area (TPSA) is 77.7 Å². The maximum Gasteiger partial charge on any atom is 0.260 e. The van der Waals surface area contributed by atoms with E-state index in [2.05, 4.69) is 10.1 Å². The number of carbonyl (C=O) groups is 1. The summed E-state index contributed by atoms with van der Waals surface area (Å²) in [5.41, 5.74) is 1.29. The Balaban J connectivity index is 1.52. The van der Waals surface area contributed by atoms with E-state index < -0.39 is 0 Å². The maximum absolute atomic E-state index is 12.3. The number of hydrogen-bond donors (Lipinski definition) is 0. The van der Waals surface area contributed by atoms with Crippen LogP contribution in [0.1, 0.15) is 0 Å². The van der Waals surface area contributed by atoms with E-state index in [4.69, 9.17) is 25.6 Å². The van der Waals surface area contributed by atoms with Crippen LogP contribution in [0.5, 0.6) is 5.75 Å². The van der Waals surface area contributed by atoms with Crippen LogP contribution < -0.4 is 4.74 Å². The van der Waals surface area contributed by atoms with Crippen molar-refractivity contribution in [2.24, 2.45) is 0 Å². The predicted molar refractivity (Wildman–Crippen MR) is 103 cm³/mol. The van der Waals surface area contributed by atoms with Gasteiger partial charge in [-0.05, 0) is 24.3 Å². The summed E-state index contributed by atoms with van der Waals surface area (Å²) >= 11 is 6.20.